The number of halogens is 1. The van der Waals surface area contributed by atoms with Crippen LogP contribution in [0.25, 0.3) is 22.0 Å². The summed E-state index contributed by atoms with van der Waals surface area (Å²) >= 11 is 3.63. The minimum absolute atomic E-state index is 0.666. The van der Waals surface area contributed by atoms with Crippen molar-refractivity contribution in [2.24, 2.45) is 0 Å². The standard InChI is InChI=1S/C17H11BrN2/c1-11-10-20-17-14(3-2-4-15(17)16(11)18)13-7-5-12(9-19)6-8-13/h2-8,10H,1H3. The van der Waals surface area contributed by atoms with Crippen molar-refractivity contribution in [3.8, 4) is 17.2 Å². The summed E-state index contributed by atoms with van der Waals surface area (Å²) in [6, 6.07) is 15.9. The number of hydrogen-bond acceptors (Lipinski definition) is 2. The Labute approximate surface area is 125 Å². The molecule has 0 radical (unpaired) electrons. The summed E-state index contributed by atoms with van der Waals surface area (Å²) in [6.45, 7) is 2.03. The van der Waals surface area contributed by atoms with E-state index in [0.29, 0.717) is 5.56 Å². The van der Waals surface area contributed by atoms with Crippen molar-refractivity contribution in [2.75, 3.05) is 0 Å². The van der Waals surface area contributed by atoms with Crippen LogP contribution in [0.3, 0.4) is 0 Å². The largest absolute Gasteiger partial charge is 0.255 e. The lowest BCUT2D eigenvalue weighted by Gasteiger charge is -2.09. The minimum Gasteiger partial charge on any atom is -0.255 e. The van der Waals surface area contributed by atoms with Gasteiger partial charge in [0.2, 0.25) is 0 Å². The molecule has 0 amide bonds. The molecule has 20 heavy (non-hydrogen) atoms. The number of pyridine rings is 1. The van der Waals surface area contributed by atoms with E-state index in [9.17, 15) is 0 Å². The summed E-state index contributed by atoms with van der Waals surface area (Å²) in [5, 5.41) is 9.97. The van der Waals surface area contributed by atoms with Crippen molar-refractivity contribution < 1.29 is 0 Å². The zero-order valence-electron chi connectivity index (χ0n) is 10.9. The van der Waals surface area contributed by atoms with Gasteiger partial charge in [-0.05, 0) is 46.1 Å². The van der Waals surface area contributed by atoms with Gasteiger partial charge in [0, 0.05) is 21.6 Å². The lowest BCUT2D eigenvalue weighted by Crippen LogP contribution is -1.88. The van der Waals surface area contributed by atoms with Gasteiger partial charge in [-0.15, -0.1) is 0 Å². The van der Waals surface area contributed by atoms with Crippen LogP contribution in [-0.4, -0.2) is 4.98 Å². The highest BCUT2D eigenvalue weighted by atomic mass is 79.9. The van der Waals surface area contributed by atoms with E-state index in [2.05, 4.69) is 39.1 Å². The monoisotopic (exact) mass is 322 g/mol. The highest BCUT2D eigenvalue weighted by Crippen LogP contribution is 2.32. The molecule has 1 aromatic heterocycles. The summed E-state index contributed by atoms with van der Waals surface area (Å²) in [6.07, 6.45) is 1.87. The number of aromatic nitrogens is 1. The molecule has 0 atom stereocenters. The summed E-state index contributed by atoms with van der Waals surface area (Å²) in [5.74, 6) is 0. The smallest absolute Gasteiger partial charge is 0.0991 e. The highest BCUT2D eigenvalue weighted by Gasteiger charge is 2.08. The van der Waals surface area contributed by atoms with Gasteiger partial charge in [-0.1, -0.05) is 30.3 Å². The van der Waals surface area contributed by atoms with Gasteiger partial charge in [0.25, 0.3) is 0 Å². The fourth-order valence-electron chi connectivity index (χ4n) is 2.25. The molecular weight excluding hydrogens is 312 g/mol. The van der Waals surface area contributed by atoms with E-state index in [1.165, 1.54) is 0 Å². The molecule has 1 heterocycles. The van der Waals surface area contributed by atoms with Gasteiger partial charge < -0.3 is 0 Å². The van der Waals surface area contributed by atoms with Gasteiger partial charge in [-0.3, -0.25) is 4.98 Å². The van der Waals surface area contributed by atoms with Crippen molar-refractivity contribution >= 4 is 26.8 Å². The number of aryl methyl sites for hydroxylation is 1. The van der Waals surface area contributed by atoms with Crippen LogP contribution in [0.5, 0.6) is 0 Å². The third-order valence-corrected chi connectivity index (χ3v) is 4.38. The predicted octanol–water partition coefficient (Wildman–Crippen LogP) is 4.84. The molecule has 3 heteroatoms. The van der Waals surface area contributed by atoms with E-state index in [0.717, 1.165) is 32.1 Å². The zero-order valence-corrected chi connectivity index (χ0v) is 12.5. The number of nitrogens with zero attached hydrogens (tertiary/aromatic N) is 2. The Kier molecular flexibility index (Phi) is 3.25. The normalized spacial score (nSPS) is 10.4. The van der Waals surface area contributed by atoms with Gasteiger partial charge in [0.05, 0.1) is 17.1 Å². The van der Waals surface area contributed by atoms with Crippen LogP contribution >= 0.6 is 15.9 Å². The average molecular weight is 323 g/mol. The fourth-order valence-corrected chi connectivity index (χ4v) is 2.67. The van der Waals surface area contributed by atoms with Crippen molar-refractivity contribution in [2.45, 2.75) is 6.92 Å². The first-order valence-corrected chi connectivity index (χ1v) is 7.04. The maximum atomic E-state index is 8.87. The number of benzene rings is 2. The van der Waals surface area contributed by atoms with E-state index in [-0.39, 0.29) is 0 Å². The molecule has 0 aliphatic heterocycles. The van der Waals surface area contributed by atoms with E-state index in [4.69, 9.17) is 5.26 Å². The van der Waals surface area contributed by atoms with E-state index < -0.39 is 0 Å². The van der Waals surface area contributed by atoms with Crippen LogP contribution in [0.15, 0.2) is 53.1 Å². The predicted molar refractivity (Wildman–Crippen MR) is 84.3 cm³/mol. The van der Waals surface area contributed by atoms with Gasteiger partial charge in [0.15, 0.2) is 0 Å². The van der Waals surface area contributed by atoms with Gasteiger partial charge in [0.1, 0.15) is 0 Å². The Balaban J connectivity index is 2.26. The molecule has 0 N–H and O–H groups in total. The van der Waals surface area contributed by atoms with Crippen LogP contribution in [0.2, 0.25) is 0 Å². The van der Waals surface area contributed by atoms with Crippen LogP contribution in [-0.2, 0) is 0 Å². The Bertz CT molecular complexity index is 830. The van der Waals surface area contributed by atoms with Crippen LogP contribution in [0.1, 0.15) is 11.1 Å². The van der Waals surface area contributed by atoms with Crippen molar-refractivity contribution in [3.63, 3.8) is 0 Å². The first-order chi connectivity index (χ1) is 9.70. The molecule has 0 aliphatic carbocycles. The number of para-hydroxylation sites is 1. The maximum absolute atomic E-state index is 8.87. The summed E-state index contributed by atoms with van der Waals surface area (Å²) in [4.78, 5) is 4.57. The van der Waals surface area contributed by atoms with E-state index in [1.54, 1.807) is 0 Å². The number of hydrogen-bond donors (Lipinski definition) is 0. The second kappa shape index (κ2) is 5.07. The van der Waals surface area contributed by atoms with Gasteiger partial charge in [-0.2, -0.15) is 5.26 Å². The molecule has 0 saturated carbocycles. The first kappa shape index (κ1) is 12.8. The Morgan fingerprint density at radius 2 is 1.85 bits per heavy atom. The van der Waals surface area contributed by atoms with Crippen molar-refractivity contribution in [1.82, 2.24) is 4.98 Å². The molecule has 0 fully saturated rings. The van der Waals surface area contributed by atoms with Crippen molar-refractivity contribution in [1.29, 1.82) is 5.26 Å². The quantitative estimate of drug-likeness (QED) is 0.642. The third-order valence-electron chi connectivity index (χ3n) is 3.33. The maximum Gasteiger partial charge on any atom is 0.0991 e. The van der Waals surface area contributed by atoms with Gasteiger partial charge in [-0.25, -0.2) is 0 Å². The average Bonchev–Trinajstić information content (AvgIpc) is 2.51. The summed E-state index contributed by atoms with van der Waals surface area (Å²) in [7, 11) is 0. The van der Waals surface area contributed by atoms with Crippen LogP contribution < -0.4 is 0 Å². The summed E-state index contributed by atoms with van der Waals surface area (Å²) in [5.41, 5.74) is 4.90. The Morgan fingerprint density at radius 3 is 2.55 bits per heavy atom. The minimum atomic E-state index is 0.666. The second-order valence-electron chi connectivity index (χ2n) is 4.65. The topological polar surface area (TPSA) is 36.7 Å². The lowest BCUT2D eigenvalue weighted by atomic mass is 10.0. The number of fused-ring (bicyclic) bond motifs is 1. The van der Waals surface area contributed by atoms with Gasteiger partial charge >= 0.3 is 0 Å². The molecule has 96 valence electrons. The molecule has 0 unspecified atom stereocenters. The zero-order chi connectivity index (χ0) is 14.1. The number of nitriles is 1. The second-order valence-corrected chi connectivity index (χ2v) is 5.44. The van der Waals surface area contributed by atoms with Crippen LogP contribution in [0.4, 0.5) is 0 Å². The first-order valence-electron chi connectivity index (χ1n) is 6.25. The fraction of sp³-hybridized carbons (Fsp3) is 0.0588. The molecule has 2 nitrogen and oxygen atoms in total. The van der Waals surface area contributed by atoms with Crippen LogP contribution in [0, 0.1) is 18.3 Å². The molecule has 0 bridgehead atoms. The van der Waals surface area contributed by atoms with E-state index >= 15 is 0 Å². The lowest BCUT2D eigenvalue weighted by molar-refractivity contribution is 1.32. The van der Waals surface area contributed by atoms with E-state index in [1.807, 2.05) is 43.5 Å². The molecular formula is C17H11BrN2. The third kappa shape index (κ3) is 2.09. The highest BCUT2D eigenvalue weighted by molar-refractivity contribution is 9.10. The molecule has 2 aromatic carbocycles. The molecule has 0 aliphatic rings. The molecule has 0 spiro atoms. The number of rotatable bonds is 1. The Hall–Kier alpha value is -2.18. The Morgan fingerprint density at radius 1 is 1.10 bits per heavy atom. The molecule has 0 saturated heterocycles. The molecule has 3 aromatic rings. The SMILES string of the molecule is Cc1cnc2c(-c3ccc(C#N)cc3)cccc2c1Br. The summed E-state index contributed by atoms with van der Waals surface area (Å²) < 4.78 is 1.08. The van der Waals surface area contributed by atoms with Crippen molar-refractivity contribution in [3.05, 3.63) is 64.3 Å². The molecule has 3 rings (SSSR count).